The lowest BCUT2D eigenvalue weighted by Gasteiger charge is -2.28. The lowest BCUT2D eigenvalue weighted by Crippen LogP contribution is -2.53. The quantitative estimate of drug-likeness (QED) is 0.0853. The zero-order valence-electron chi connectivity index (χ0n) is 34.7. The molecule has 4 rings (SSSR count). The molecular formula is C44H56N4O12. The molecule has 16 heteroatoms. The Hall–Kier alpha value is -5.74. The van der Waals surface area contributed by atoms with E-state index >= 15 is 0 Å². The van der Waals surface area contributed by atoms with Crippen LogP contribution in [0.1, 0.15) is 77.3 Å². The number of hydrogen-bond donors (Lipinski definition) is 2. The fourth-order valence-corrected chi connectivity index (χ4v) is 7.27. The number of hydrogen-bond acceptors (Lipinski definition) is 14. The Morgan fingerprint density at radius 2 is 0.983 bits per heavy atom. The maximum Gasteiger partial charge on any atom is 0.338 e. The predicted octanol–water partition coefficient (Wildman–Crippen LogP) is 2.75. The molecule has 0 aromatic heterocycles. The highest BCUT2D eigenvalue weighted by molar-refractivity contribution is 6.01. The summed E-state index contributed by atoms with van der Waals surface area (Å²) < 4.78 is 20.3. The van der Waals surface area contributed by atoms with Gasteiger partial charge in [0.15, 0.2) is 0 Å². The summed E-state index contributed by atoms with van der Waals surface area (Å²) >= 11 is 0. The molecule has 2 fully saturated rings. The van der Waals surface area contributed by atoms with Gasteiger partial charge in [-0.25, -0.2) is 19.2 Å². The minimum atomic E-state index is -1.22. The molecule has 0 saturated carbocycles. The molecule has 2 saturated heterocycles. The van der Waals surface area contributed by atoms with Crippen LogP contribution in [0.15, 0.2) is 72.8 Å². The van der Waals surface area contributed by atoms with E-state index < -0.39 is 83.9 Å². The van der Waals surface area contributed by atoms with E-state index in [1.807, 2.05) is 60.7 Å². The lowest BCUT2D eigenvalue weighted by molar-refractivity contribution is -0.164. The number of carbonyl (C=O) groups excluding carboxylic acids is 8. The number of ether oxygens (including phenoxy) is 4. The van der Waals surface area contributed by atoms with Gasteiger partial charge in [-0.3, -0.25) is 29.8 Å². The molecule has 16 nitrogen and oxygen atoms in total. The minimum absolute atomic E-state index is 0.163. The highest BCUT2D eigenvalue weighted by atomic mass is 16.6. The molecule has 0 radical (unpaired) electrons. The number of aryl methyl sites for hydroxylation is 2. The number of amides is 2. The van der Waals surface area contributed by atoms with Gasteiger partial charge in [-0.1, -0.05) is 60.7 Å². The fraction of sp³-hybridized carbons (Fsp3) is 0.500. The number of rotatable bonds is 20. The van der Waals surface area contributed by atoms with Crippen LogP contribution in [0.5, 0.6) is 0 Å². The molecule has 2 N–H and O–H groups in total. The smallest absolute Gasteiger partial charge is 0.338 e. The summed E-state index contributed by atoms with van der Waals surface area (Å²) in [4.78, 5) is 106. The van der Waals surface area contributed by atoms with Gasteiger partial charge in [0, 0.05) is 25.2 Å². The first-order chi connectivity index (χ1) is 28.8. The van der Waals surface area contributed by atoms with Gasteiger partial charge in [-0.2, -0.15) is 0 Å². The van der Waals surface area contributed by atoms with Gasteiger partial charge >= 0.3 is 35.8 Å². The van der Waals surface area contributed by atoms with Gasteiger partial charge in [-0.05, 0) is 90.2 Å². The van der Waals surface area contributed by atoms with E-state index in [1.165, 1.54) is 9.80 Å². The van der Waals surface area contributed by atoms with Crippen molar-refractivity contribution in [3.63, 3.8) is 0 Å². The summed E-state index contributed by atoms with van der Waals surface area (Å²) in [5.74, 6) is -6.42. The number of likely N-dealkylation sites (tertiary alicyclic amines) is 2. The first kappa shape index (κ1) is 46.9. The average Bonchev–Trinajstić information content (AvgIpc) is 3.95. The Bertz CT molecular complexity index is 1710. The normalized spacial score (nSPS) is 18.3. The van der Waals surface area contributed by atoms with Crippen molar-refractivity contribution < 1.29 is 57.3 Å². The van der Waals surface area contributed by atoms with Crippen LogP contribution in [0.2, 0.25) is 0 Å². The number of nitrogens with one attached hydrogen (secondary N) is 2. The lowest BCUT2D eigenvalue weighted by atomic mass is 10.0. The average molecular weight is 833 g/mol. The summed E-state index contributed by atoms with van der Waals surface area (Å²) in [5, 5.41) is 6.08. The zero-order valence-corrected chi connectivity index (χ0v) is 34.7. The van der Waals surface area contributed by atoms with E-state index in [9.17, 15) is 38.4 Å². The third-order valence-corrected chi connectivity index (χ3v) is 10.3. The summed E-state index contributed by atoms with van der Waals surface area (Å²) in [7, 11) is 0. The van der Waals surface area contributed by atoms with Crippen molar-refractivity contribution in [2.45, 2.75) is 115 Å². The van der Waals surface area contributed by atoms with E-state index in [0.29, 0.717) is 50.7 Å². The van der Waals surface area contributed by atoms with Crippen LogP contribution >= 0.6 is 0 Å². The Balaban J connectivity index is 1.27. The van der Waals surface area contributed by atoms with Crippen molar-refractivity contribution in [1.29, 1.82) is 0 Å². The third kappa shape index (κ3) is 13.9. The van der Waals surface area contributed by atoms with Gasteiger partial charge in [0.1, 0.15) is 24.2 Å². The topological polar surface area (TPSA) is 204 Å². The van der Waals surface area contributed by atoms with E-state index in [2.05, 4.69) is 10.6 Å². The number of benzene rings is 2. The van der Waals surface area contributed by atoms with Crippen LogP contribution in [0, 0.1) is 0 Å². The molecule has 2 aliphatic heterocycles. The third-order valence-electron chi connectivity index (χ3n) is 10.3. The molecule has 0 unspecified atom stereocenters. The van der Waals surface area contributed by atoms with Gasteiger partial charge in [0.25, 0.3) is 0 Å². The van der Waals surface area contributed by atoms with Gasteiger partial charge in [0.2, 0.25) is 11.8 Å². The fourth-order valence-electron chi connectivity index (χ4n) is 7.27. The van der Waals surface area contributed by atoms with Gasteiger partial charge in [0.05, 0.1) is 25.3 Å². The molecule has 2 aliphatic rings. The first-order valence-electron chi connectivity index (χ1n) is 20.6. The van der Waals surface area contributed by atoms with Crippen molar-refractivity contribution in [1.82, 2.24) is 20.4 Å². The maximum atomic E-state index is 13.5. The zero-order chi connectivity index (χ0) is 43.6. The molecule has 2 amide bonds. The first-order valence-corrected chi connectivity index (χ1v) is 20.6. The van der Waals surface area contributed by atoms with E-state index in [1.54, 1.807) is 27.7 Å². The van der Waals surface area contributed by atoms with Crippen molar-refractivity contribution in [2.24, 2.45) is 0 Å². The number of carbonyl (C=O) groups is 8. The molecule has 0 aliphatic carbocycles. The van der Waals surface area contributed by atoms with Crippen LogP contribution in [-0.2, 0) is 70.1 Å². The van der Waals surface area contributed by atoms with Gasteiger partial charge in [-0.15, -0.1) is 0 Å². The van der Waals surface area contributed by atoms with Crippen molar-refractivity contribution in [3.8, 4) is 0 Å². The SMILES string of the molecule is CCOC(=O)[C@H](CCc1ccccc1)N[C@@H](C)C(=O)N1CCC[C@H]1C(=O)OC(=O)/C=C\C(=O)OC(=O)[C@@H]1CCCN1C(=O)[C@H](C)N[C@@H](CCc1ccccc1)C(=O)OCC. The highest BCUT2D eigenvalue weighted by Gasteiger charge is 2.40. The largest absolute Gasteiger partial charge is 0.465 e. The summed E-state index contributed by atoms with van der Waals surface area (Å²) in [6.07, 6.45) is 4.47. The van der Waals surface area contributed by atoms with Crippen LogP contribution in [0.4, 0.5) is 0 Å². The van der Waals surface area contributed by atoms with Crippen LogP contribution in [0.3, 0.4) is 0 Å². The molecular weight excluding hydrogens is 776 g/mol. The second-order valence-corrected chi connectivity index (χ2v) is 14.6. The second-order valence-electron chi connectivity index (χ2n) is 14.6. The molecule has 324 valence electrons. The Morgan fingerprint density at radius 3 is 1.33 bits per heavy atom. The summed E-state index contributed by atoms with van der Waals surface area (Å²) in [5.41, 5.74) is 2.02. The van der Waals surface area contributed by atoms with E-state index in [4.69, 9.17) is 18.9 Å². The molecule has 2 heterocycles. The number of nitrogens with zero attached hydrogens (tertiary/aromatic N) is 2. The Kier molecular flexibility index (Phi) is 18.6. The molecule has 0 spiro atoms. The van der Waals surface area contributed by atoms with Crippen LogP contribution < -0.4 is 10.6 Å². The van der Waals surface area contributed by atoms with Crippen LogP contribution in [-0.4, -0.2) is 120 Å². The molecule has 2 aromatic rings. The van der Waals surface area contributed by atoms with E-state index in [0.717, 1.165) is 11.1 Å². The van der Waals surface area contributed by atoms with Crippen LogP contribution in [0.25, 0.3) is 0 Å². The number of esters is 6. The highest BCUT2D eigenvalue weighted by Crippen LogP contribution is 2.22. The predicted molar refractivity (Wildman–Crippen MR) is 216 cm³/mol. The minimum Gasteiger partial charge on any atom is -0.465 e. The molecule has 6 atom stereocenters. The second kappa shape index (κ2) is 23.7. The standard InChI is InChI=1S/C44H56N4O12/c1-5-57-41(53)33(23-21-31-15-9-7-10-16-31)45-29(3)39(51)47-27-13-19-35(47)43(55)59-37(49)25-26-38(50)60-44(56)36-20-14-28-48(36)40(52)30(4)46-34(42(54)58-6-2)24-22-32-17-11-8-12-18-32/h7-12,15-18,25-26,29-30,33-36,45-46H,5-6,13-14,19-24,27-28H2,1-4H3/b26-25-/t29-,30-,33-,34-,35-,36-/m0/s1. The van der Waals surface area contributed by atoms with E-state index in [-0.39, 0.29) is 39.1 Å². The van der Waals surface area contributed by atoms with Crippen molar-refractivity contribution in [2.75, 3.05) is 26.3 Å². The maximum absolute atomic E-state index is 13.5. The van der Waals surface area contributed by atoms with Gasteiger partial charge < -0.3 is 28.7 Å². The van der Waals surface area contributed by atoms with Crippen molar-refractivity contribution in [3.05, 3.63) is 83.9 Å². The molecule has 0 bridgehead atoms. The molecule has 60 heavy (non-hydrogen) atoms. The molecule has 2 aromatic carbocycles. The Morgan fingerprint density at radius 1 is 0.617 bits per heavy atom. The summed E-state index contributed by atoms with van der Waals surface area (Å²) in [6, 6.07) is 13.6. The Labute approximate surface area is 350 Å². The van der Waals surface area contributed by atoms with Crippen molar-refractivity contribution >= 4 is 47.6 Å². The summed E-state index contributed by atoms with van der Waals surface area (Å²) in [6.45, 7) is 7.29. The monoisotopic (exact) mass is 832 g/mol.